The fourth-order valence-corrected chi connectivity index (χ4v) is 2.85. The molecule has 0 atom stereocenters. The van der Waals surface area contributed by atoms with Crippen LogP contribution in [0.25, 0.3) is 0 Å². The molecule has 112 valence electrons. The van der Waals surface area contributed by atoms with Crippen molar-refractivity contribution in [1.29, 1.82) is 0 Å². The van der Waals surface area contributed by atoms with Gasteiger partial charge in [0.2, 0.25) is 0 Å². The summed E-state index contributed by atoms with van der Waals surface area (Å²) in [4.78, 5) is 28.0. The van der Waals surface area contributed by atoms with E-state index in [1.807, 2.05) is 19.2 Å². The zero-order valence-corrected chi connectivity index (χ0v) is 13.3. The van der Waals surface area contributed by atoms with Crippen LogP contribution in [0.1, 0.15) is 33.3 Å². The Bertz CT molecular complexity index is 703. The minimum atomic E-state index is -0.214. The third kappa shape index (κ3) is 4.01. The van der Waals surface area contributed by atoms with Gasteiger partial charge in [0.05, 0.1) is 5.01 Å². The van der Waals surface area contributed by atoms with Crippen LogP contribution >= 0.6 is 11.3 Å². The number of aromatic nitrogens is 2. The molecule has 0 fully saturated rings. The SMILES string of the molecule is Cc1csc(CCCNC(=O)c2cc(=O)cc(C)n2C)n1. The number of nitrogens with zero attached hydrogens (tertiary/aromatic N) is 2. The van der Waals surface area contributed by atoms with Crippen molar-refractivity contribution in [2.75, 3.05) is 6.54 Å². The number of rotatable bonds is 5. The van der Waals surface area contributed by atoms with Gasteiger partial charge in [0.25, 0.3) is 5.91 Å². The summed E-state index contributed by atoms with van der Waals surface area (Å²) in [6.45, 7) is 4.35. The molecule has 2 aromatic rings. The first-order valence-electron chi connectivity index (χ1n) is 6.84. The molecule has 0 aliphatic heterocycles. The molecule has 2 heterocycles. The zero-order valence-electron chi connectivity index (χ0n) is 12.5. The van der Waals surface area contributed by atoms with Crippen LogP contribution in [-0.4, -0.2) is 22.0 Å². The van der Waals surface area contributed by atoms with Crippen LogP contribution in [0, 0.1) is 13.8 Å². The molecule has 2 aromatic heterocycles. The Labute approximate surface area is 127 Å². The number of nitrogens with one attached hydrogen (secondary N) is 1. The molecular weight excluding hydrogens is 286 g/mol. The molecule has 0 saturated heterocycles. The van der Waals surface area contributed by atoms with Crippen LogP contribution in [0.5, 0.6) is 0 Å². The monoisotopic (exact) mass is 305 g/mol. The predicted octanol–water partition coefficient (Wildman–Crippen LogP) is 1.82. The first-order valence-corrected chi connectivity index (χ1v) is 7.72. The maximum atomic E-state index is 12.1. The Balaban J connectivity index is 1.89. The second kappa shape index (κ2) is 6.67. The molecule has 0 aliphatic rings. The minimum absolute atomic E-state index is 0.144. The number of amides is 1. The largest absolute Gasteiger partial charge is 0.351 e. The van der Waals surface area contributed by atoms with Crippen molar-refractivity contribution < 1.29 is 4.79 Å². The third-order valence-electron chi connectivity index (χ3n) is 3.27. The maximum absolute atomic E-state index is 12.1. The summed E-state index contributed by atoms with van der Waals surface area (Å²) in [6, 6.07) is 2.88. The lowest BCUT2D eigenvalue weighted by atomic mass is 10.2. The van der Waals surface area contributed by atoms with Crippen molar-refractivity contribution in [3.63, 3.8) is 0 Å². The number of carbonyl (C=O) groups is 1. The van der Waals surface area contributed by atoms with E-state index in [1.165, 1.54) is 12.1 Å². The molecule has 0 aromatic carbocycles. The van der Waals surface area contributed by atoms with E-state index in [2.05, 4.69) is 10.3 Å². The molecule has 1 N–H and O–H groups in total. The van der Waals surface area contributed by atoms with E-state index in [1.54, 1.807) is 23.0 Å². The van der Waals surface area contributed by atoms with Crippen molar-refractivity contribution in [2.45, 2.75) is 26.7 Å². The number of hydrogen-bond donors (Lipinski definition) is 1. The van der Waals surface area contributed by atoms with Gasteiger partial charge in [0.1, 0.15) is 5.69 Å². The van der Waals surface area contributed by atoms with E-state index in [-0.39, 0.29) is 11.3 Å². The summed E-state index contributed by atoms with van der Waals surface area (Å²) in [7, 11) is 1.78. The quantitative estimate of drug-likeness (QED) is 0.857. The molecule has 0 radical (unpaired) electrons. The third-order valence-corrected chi connectivity index (χ3v) is 4.30. The standard InChI is InChI=1S/C15H19N3O2S/c1-10-9-21-14(17-10)5-4-6-16-15(20)13-8-12(19)7-11(2)18(13)3/h7-9H,4-6H2,1-3H3,(H,16,20). The molecule has 0 saturated carbocycles. The molecule has 6 heteroatoms. The summed E-state index contributed by atoms with van der Waals surface area (Å²) < 4.78 is 1.72. The average Bonchev–Trinajstić information content (AvgIpc) is 2.84. The molecule has 1 amide bonds. The van der Waals surface area contributed by atoms with E-state index in [9.17, 15) is 9.59 Å². The lowest BCUT2D eigenvalue weighted by Gasteiger charge is -2.11. The lowest BCUT2D eigenvalue weighted by molar-refractivity contribution is 0.0944. The second-order valence-corrected chi connectivity index (χ2v) is 5.96. The van der Waals surface area contributed by atoms with E-state index in [0.29, 0.717) is 12.2 Å². The van der Waals surface area contributed by atoms with Gasteiger partial charge in [-0.3, -0.25) is 9.59 Å². The van der Waals surface area contributed by atoms with Crippen molar-refractivity contribution in [2.24, 2.45) is 7.05 Å². The van der Waals surface area contributed by atoms with Crippen molar-refractivity contribution >= 4 is 17.2 Å². The highest BCUT2D eigenvalue weighted by Crippen LogP contribution is 2.10. The summed E-state index contributed by atoms with van der Waals surface area (Å²) in [6.07, 6.45) is 1.68. The number of carbonyl (C=O) groups excluding carboxylic acids is 1. The van der Waals surface area contributed by atoms with Gasteiger partial charge in [-0.05, 0) is 20.3 Å². The predicted molar refractivity (Wildman–Crippen MR) is 83.9 cm³/mol. The topological polar surface area (TPSA) is 64.0 Å². The molecule has 0 aliphatic carbocycles. The van der Waals surface area contributed by atoms with Gasteiger partial charge in [0.15, 0.2) is 5.43 Å². The fraction of sp³-hybridized carbons (Fsp3) is 0.400. The first kappa shape index (κ1) is 15.4. The maximum Gasteiger partial charge on any atom is 0.268 e. The van der Waals surface area contributed by atoms with Gasteiger partial charge in [-0.15, -0.1) is 11.3 Å². The average molecular weight is 305 g/mol. The lowest BCUT2D eigenvalue weighted by Crippen LogP contribution is -2.29. The van der Waals surface area contributed by atoms with Crippen LogP contribution < -0.4 is 10.7 Å². The Kier molecular flexibility index (Phi) is 4.90. The van der Waals surface area contributed by atoms with Gasteiger partial charge in [-0.2, -0.15) is 0 Å². The van der Waals surface area contributed by atoms with Crippen molar-refractivity contribution in [3.05, 3.63) is 49.8 Å². The molecule has 0 bridgehead atoms. The molecule has 5 nitrogen and oxygen atoms in total. The number of thiazole rings is 1. The zero-order chi connectivity index (χ0) is 15.4. The van der Waals surface area contributed by atoms with Crippen LogP contribution in [0.15, 0.2) is 22.3 Å². The summed E-state index contributed by atoms with van der Waals surface area (Å²) in [5.41, 5.74) is 2.05. The molecule has 0 unspecified atom stereocenters. The summed E-state index contributed by atoms with van der Waals surface area (Å²) in [5.74, 6) is -0.214. The first-order chi connectivity index (χ1) is 9.97. The van der Waals surface area contributed by atoms with E-state index < -0.39 is 0 Å². The summed E-state index contributed by atoms with van der Waals surface area (Å²) in [5, 5.41) is 5.96. The van der Waals surface area contributed by atoms with Gasteiger partial charge in [0, 0.05) is 48.9 Å². The van der Waals surface area contributed by atoms with Crippen LogP contribution in [-0.2, 0) is 13.5 Å². The van der Waals surface area contributed by atoms with Gasteiger partial charge in [-0.1, -0.05) is 0 Å². The highest BCUT2D eigenvalue weighted by molar-refractivity contribution is 7.09. The number of hydrogen-bond acceptors (Lipinski definition) is 4. The van der Waals surface area contributed by atoms with Crippen molar-refractivity contribution in [3.8, 4) is 0 Å². The summed E-state index contributed by atoms with van der Waals surface area (Å²) >= 11 is 1.64. The minimum Gasteiger partial charge on any atom is -0.351 e. The Morgan fingerprint density at radius 2 is 2.14 bits per heavy atom. The van der Waals surface area contributed by atoms with E-state index >= 15 is 0 Å². The van der Waals surface area contributed by atoms with E-state index in [0.717, 1.165) is 29.2 Å². The van der Waals surface area contributed by atoms with Crippen LogP contribution in [0.3, 0.4) is 0 Å². The Morgan fingerprint density at radius 1 is 1.38 bits per heavy atom. The smallest absolute Gasteiger partial charge is 0.268 e. The highest BCUT2D eigenvalue weighted by Gasteiger charge is 2.10. The highest BCUT2D eigenvalue weighted by atomic mass is 32.1. The molecule has 21 heavy (non-hydrogen) atoms. The number of pyridine rings is 1. The second-order valence-electron chi connectivity index (χ2n) is 5.02. The van der Waals surface area contributed by atoms with Gasteiger partial charge < -0.3 is 9.88 Å². The number of aryl methyl sites for hydroxylation is 3. The fourth-order valence-electron chi connectivity index (χ4n) is 2.03. The Morgan fingerprint density at radius 3 is 2.81 bits per heavy atom. The normalized spacial score (nSPS) is 10.6. The van der Waals surface area contributed by atoms with Crippen molar-refractivity contribution in [1.82, 2.24) is 14.9 Å². The van der Waals surface area contributed by atoms with Gasteiger partial charge in [-0.25, -0.2) is 4.98 Å². The molecule has 2 rings (SSSR count). The van der Waals surface area contributed by atoms with Crippen LogP contribution in [0.4, 0.5) is 0 Å². The van der Waals surface area contributed by atoms with E-state index in [4.69, 9.17) is 0 Å². The molecule has 0 spiro atoms. The molecular formula is C15H19N3O2S. The Hall–Kier alpha value is -1.95. The van der Waals surface area contributed by atoms with Gasteiger partial charge >= 0.3 is 0 Å². The van der Waals surface area contributed by atoms with Crippen LogP contribution in [0.2, 0.25) is 0 Å².